The van der Waals surface area contributed by atoms with Gasteiger partial charge in [0.1, 0.15) is 0 Å². The van der Waals surface area contributed by atoms with Crippen LogP contribution in [0.2, 0.25) is 0 Å². The van der Waals surface area contributed by atoms with Crippen LogP contribution in [0.4, 0.5) is 8.78 Å². The van der Waals surface area contributed by atoms with Crippen LogP contribution in [-0.2, 0) is 0 Å². The number of benzene rings is 1. The summed E-state index contributed by atoms with van der Waals surface area (Å²) in [4.78, 5) is 0. The third-order valence-electron chi connectivity index (χ3n) is 7.05. The minimum Gasteiger partial charge on any atom is -0.491 e. The molecule has 29 heavy (non-hydrogen) atoms. The van der Waals surface area contributed by atoms with Crippen molar-refractivity contribution in [1.29, 1.82) is 0 Å². The van der Waals surface area contributed by atoms with Gasteiger partial charge in [-0.2, -0.15) is 4.39 Å². The molecule has 0 amide bonds. The molecule has 1 nitrogen and oxygen atoms in total. The fourth-order valence-corrected chi connectivity index (χ4v) is 5.25. The molecule has 1 aromatic rings. The van der Waals surface area contributed by atoms with Crippen molar-refractivity contribution in [2.75, 3.05) is 6.61 Å². The first-order chi connectivity index (χ1) is 14.1. The Hall–Kier alpha value is -1.56. The van der Waals surface area contributed by atoms with Gasteiger partial charge in [-0.3, -0.25) is 0 Å². The molecule has 2 aliphatic carbocycles. The number of ether oxygens (including phenoxy) is 1. The van der Waals surface area contributed by atoms with Crippen LogP contribution in [0.25, 0.3) is 0 Å². The van der Waals surface area contributed by atoms with E-state index in [4.69, 9.17) is 4.74 Å². The minimum absolute atomic E-state index is 0.0412. The fourth-order valence-electron chi connectivity index (χ4n) is 5.25. The van der Waals surface area contributed by atoms with Crippen LogP contribution in [0.15, 0.2) is 12.1 Å². The summed E-state index contributed by atoms with van der Waals surface area (Å²) in [5.41, 5.74) is 0.137. The average Bonchev–Trinajstić information content (AvgIpc) is 2.76. The largest absolute Gasteiger partial charge is 0.491 e. The molecular weight excluding hydrogens is 366 g/mol. The summed E-state index contributed by atoms with van der Waals surface area (Å²) in [7, 11) is 0. The first-order valence-electron chi connectivity index (χ1n) is 11.7. The Kier molecular flexibility index (Phi) is 8.40. The number of halogens is 2. The van der Waals surface area contributed by atoms with Crippen molar-refractivity contribution in [3.8, 4) is 17.6 Å². The Morgan fingerprint density at radius 3 is 2.17 bits per heavy atom. The third-order valence-corrected chi connectivity index (χ3v) is 7.05. The first-order valence-corrected chi connectivity index (χ1v) is 11.7. The van der Waals surface area contributed by atoms with E-state index >= 15 is 0 Å². The van der Waals surface area contributed by atoms with E-state index in [9.17, 15) is 8.78 Å². The molecule has 0 N–H and O–H groups in total. The van der Waals surface area contributed by atoms with E-state index in [0.717, 1.165) is 30.6 Å². The van der Waals surface area contributed by atoms with Crippen molar-refractivity contribution in [2.45, 2.75) is 84.5 Å². The molecule has 3 heteroatoms. The summed E-state index contributed by atoms with van der Waals surface area (Å²) in [6.07, 6.45) is 14.5. The number of hydrogen-bond acceptors (Lipinski definition) is 1. The van der Waals surface area contributed by atoms with Crippen molar-refractivity contribution in [3.05, 3.63) is 29.3 Å². The maximum Gasteiger partial charge on any atom is 0.201 e. The lowest BCUT2D eigenvalue weighted by Crippen LogP contribution is -2.25. The van der Waals surface area contributed by atoms with Gasteiger partial charge in [0, 0.05) is 5.92 Å². The Morgan fingerprint density at radius 1 is 0.897 bits per heavy atom. The Bertz CT molecular complexity index is 701. The maximum absolute atomic E-state index is 14.2. The molecule has 1 aromatic carbocycles. The molecule has 0 unspecified atom stereocenters. The smallest absolute Gasteiger partial charge is 0.201 e. The number of hydrogen-bond donors (Lipinski definition) is 0. The standard InChI is InChI=1S/C26H36F2O/c1-3-5-6-19-7-12-21(13-8-19)22-14-9-20(10-15-22)11-16-23-17-18-24(29-4-2)26(28)25(23)27/h17-22H,3-10,12-15H2,1-2H3/t19-,20-,21-,22-. The van der Waals surface area contributed by atoms with Gasteiger partial charge in [0.2, 0.25) is 5.82 Å². The lowest BCUT2D eigenvalue weighted by Gasteiger charge is -2.37. The van der Waals surface area contributed by atoms with Gasteiger partial charge in [-0.1, -0.05) is 50.9 Å². The summed E-state index contributed by atoms with van der Waals surface area (Å²) in [5.74, 6) is 7.27. The molecule has 0 saturated heterocycles. The van der Waals surface area contributed by atoms with E-state index in [0.29, 0.717) is 12.5 Å². The summed E-state index contributed by atoms with van der Waals surface area (Å²) < 4.78 is 33.3. The van der Waals surface area contributed by atoms with E-state index in [1.165, 1.54) is 69.9 Å². The minimum atomic E-state index is -0.933. The van der Waals surface area contributed by atoms with Crippen molar-refractivity contribution in [1.82, 2.24) is 0 Å². The fraction of sp³-hybridized carbons (Fsp3) is 0.692. The molecule has 0 atom stereocenters. The van der Waals surface area contributed by atoms with Gasteiger partial charge in [-0.05, 0) is 75.3 Å². The zero-order valence-electron chi connectivity index (χ0n) is 18.1. The van der Waals surface area contributed by atoms with Gasteiger partial charge in [0.15, 0.2) is 11.6 Å². The monoisotopic (exact) mass is 402 g/mol. The normalized spacial score (nSPS) is 27.2. The van der Waals surface area contributed by atoms with Crippen LogP contribution in [0.5, 0.6) is 5.75 Å². The van der Waals surface area contributed by atoms with E-state index < -0.39 is 11.6 Å². The van der Waals surface area contributed by atoms with E-state index in [-0.39, 0.29) is 11.3 Å². The second kappa shape index (κ2) is 11.0. The van der Waals surface area contributed by atoms with Crippen LogP contribution in [0.3, 0.4) is 0 Å². The molecule has 0 radical (unpaired) electrons. The predicted octanol–water partition coefficient (Wildman–Crippen LogP) is 7.52. The van der Waals surface area contributed by atoms with E-state index in [1.807, 2.05) is 0 Å². The van der Waals surface area contributed by atoms with Gasteiger partial charge in [0.25, 0.3) is 0 Å². The summed E-state index contributed by atoms with van der Waals surface area (Å²) in [6.45, 7) is 4.35. The van der Waals surface area contributed by atoms with Crippen molar-refractivity contribution >= 4 is 0 Å². The highest BCUT2D eigenvalue weighted by Gasteiger charge is 2.30. The van der Waals surface area contributed by atoms with Crippen molar-refractivity contribution in [2.24, 2.45) is 23.7 Å². The van der Waals surface area contributed by atoms with Crippen LogP contribution in [0.1, 0.15) is 90.0 Å². The molecule has 2 saturated carbocycles. The zero-order valence-corrected chi connectivity index (χ0v) is 18.1. The summed E-state index contributed by atoms with van der Waals surface area (Å²) >= 11 is 0. The molecule has 3 rings (SSSR count). The lowest BCUT2D eigenvalue weighted by molar-refractivity contribution is 0.153. The quantitative estimate of drug-likeness (QED) is 0.447. The second-order valence-corrected chi connectivity index (χ2v) is 8.98. The van der Waals surface area contributed by atoms with Crippen molar-refractivity contribution < 1.29 is 13.5 Å². The third kappa shape index (κ3) is 5.97. The maximum atomic E-state index is 14.2. The van der Waals surface area contributed by atoms with E-state index in [2.05, 4.69) is 18.8 Å². The predicted molar refractivity (Wildman–Crippen MR) is 115 cm³/mol. The van der Waals surface area contributed by atoms with Gasteiger partial charge in [0.05, 0.1) is 12.2 Å². The average molecular weight is 403 g/mol. The Morgan fingerprint density at radius 2 is 1.55 bits per heavy atom. The topological polar surface area (TPSA) is 9.23 Å². The Balaban J connectivity index is 1.48. The highest BCUT2D eigenvalue weighted by molar-refractivity contribution is 5.41. The SMILES string of the molecule is CCCC[C@H]1CC[C@H]([C@H]2CC[C@H](C#Cc3ccc(OCC)c(F)c3F)CC2)CC1. The van der Waals surface area contributed by atoms with Gasteiger partial charge >= 0.3 is 0 Å². The molecule has 0 aromatic heterocycles. The lowest BCUT2D eigenvalue weighted by atomic mass is 9.69. The van der Waals surface area contributed by atoms with E-state index in [1.54, 1.807) is 6.92 Å². The van der Waals surface area contributed by atoms with Gasteiger partial charge in [-0.25, -0.2) is 4.39 Å². The van der Waals surface area contributed by atoms with Crippen LogP contribution < -0.4 is 4.74 Å². The zero-order chi connectivity index (χ0) is 20.6. The van der Waals surface area contributed by atoms with Crippen LogP contribution in [-0.4, -0.2) is 6.61 Å². The first kappa shape index (κ1) is 22.1. The van der Waals surface area contributed by atoms with Gasteiger partial charge in [-0.15, -0.1) is 0 Å². The molecule has 2 aliphatic rings. The molecule has 0 aliphatic heterocycles. The summed E-state index contributed by atoms with van der Waals surface area (Å²) in [5, 5.41) is 0. The molecule has 0 bridgehead atoms. The second-order valence-electron chi connectivity index (χ2n) is 8.98. The Labute approximate surface area is 175 Å². The molecule has 0 heterocycles. The number of rotatable bonds is 6. The summed E-state index contributed by atoms with van der Waals surface area (Å²) in [6, 6.07) is 3.00. The highest BCUT2D eigenvalue weighted by atomic mass is 19.2. The van der Waals surface area contributed by atoms with Crippen LogP contribution >= 0.6 is 0 Å². The molecule has 160 valence electrons. The number of unbranched alkanes of at least 4 members (excludes halogenated alkanes) is 1. The molecular formula is C26H36F2O. The molecule has 2 fully saturated rings. The van der Waals surface area contributed by atoms with Crippen LogP contribution in [0, 0.1) is 47.1 Å². The molecule has 0 spiro atoms. The van der Waals surface area contributed by atoms with Crippen molar-refractivity contribution in [3.63, 3.8) is 0 Å². The van der Waals surface area contributed by atoms with Gasteiger partial charge < -0.3 is 4.74 Å². The highest BCUT2D eigenvalue weighted by Crippen LogP contribution is 2.42.